The molecule has 0 aliphatic carbocycles. The third-order valence-electron chi connectivity index (χ3n) is 4.62. The van der Waals surface area contributed by atoms with Crippen molar-refractivity contribution in [1.29, 1.82) is 0 Å². The van der Waals surface area contributed by atoms with Crippen LogP contribution in [0.1, 0.15) is 19.8 Å². The lowest BCUT2D eigenvalue weighted by Gasteiger charge is -2.41. The van der Waals surface area contributed by atoms with Crippen LogP contribution in [0.2, 0.25) is 0 Å². The summed E-state index contributed by atoms with van der Waals surface area (Å²) in [5, 5.41) is 0.858. The molecule has 1 rings (SSSR count). The molecule has 1 fully saturated rings. The molecule has 1 saturated heterocycles. The van der Waals surface area contributed by atoms with E-state index in [1.165, 1.54) is 6.92 Å². The molecule has 1 N–H and O–H groups in total. The Morgan fingerprint density at radius 2 is 1.24 bits per heavy atom. The van der Waals surface area contributed by atoms with E-state index in [2.05, 4.69) is 0 Å². The van der Waals surface area contributed by atoms with Gasteiger partial charge in [-0.3, -0.25) is 4.79 Å². The number of likely N-dealkylation sites (tertiary alicyclic amines) is 1. The highest BCUT2D eigenvalue weighted by molar-refractivity contribution is 5.84. The van der Waals surface area contributed by atoms with Gasteiger partial charge in [-0.25, -0.2) is 0 Å². The van der Waals surface area contributed by atoms with Crippen molar-refractivity contribution in [3.05, 3.63) is 0 Å². The molecule has 0 aromatic carbocycles. The van der Waals surface area contributed by atoms with E-state index in [-0.39, 0.29) is 12.8 Å². The molecular weight excluding hydrogens is 535 g/mol. The van der Waals surface area contributed by atoms with E-state index in [1.54, 1.807) is 0 Å². The molecule has 3 nitrogen and oxygen atoms in total. The topological polar surface area (TPSA) is 32.3 Å². The van der Waals surface area contributed by atoms with Crippen LogP contribution in [0.15, 0.2) is 0 Å². The highest BCUT2D eigenvalue weighted by Gasteiger charge is 2.96. The van der Waals surface area contributed by atoms with E-state index in [9.17, 15) is 79.4 Å². The molecule has 0 saturated carbocycles. The minimum Gasteiger partial charge on any atom is -0.351 e. The van der Waals surface area contributed by atoms with Crippen molar-refractivity contribution in [2.75, 3.05) is 6.54 Å². The third kappa shape index (κ3) is 3.92. The standard InChI is InChI=1S/C14H11F17N2O/c1-2-3-4-32-6(34)10(21,22)7(15,16)5-8(17,18)11(23,24)13(27,28)33(14(29,30)31)12(25,26)9(5,19)20/h5H,2-4H2,1H3,(H,32,34). The third-order valence-corrected chi connectivity index (χ3v) is 4.62. The smallest absolute Gasteiger partial charge is 0.351 e. The summed E-state index contributed by atoms with van der Waals surface area (Å²) in [6.45, 7) is 0.312. The number of alkyl halides is 17. The average Bonchev–Trinajstić information content (AvgIpc) is 2.59. The van der Waals surface area contributed by atoms with Gasteiger partial charge < -0.3 is 5.32 Å². The SMILES string of the molecule is CCCCNC(=O)C(F)(F)C(F)(F)C1C(F)(F)C(F)(F)N(C(F)(F)F)C(F)(F)C(F)(F)C1(F)F. The number of carbonyl (C=O) groups is 1. The van der Waals surface area contributed by atoms with Crippen LogP contribution in [0.5, 0.6) is 0 Å². The minimum atomic E-state index is -8.19. The second-order valence-electron chi connectivity index (χ2n) is 6.95. The zero-order valence-electron chi connectivity index (χ0n) is 16.0. The maximum absolute atomic E-state index is 14.2. The minimum absolute atomic E-state index is 0.0296. The Labute approximate surface area is 177 Å². The number of amides is 1. The van der Waals surface area contributed by atoms with Gasteiger partial charge in [-0.1, -0.05) is 18.2 Å². The summed E-state index contributed by atoms with van der Waals surface area (Å²) in [5.41, 5.74) is 0. The van der Waals surface area contributed by atoms with Crippen LogP contribution in [0.25, 0.3) is 0 Å². The maximum atomic E-state index is 14.2. The first-order valence-corrected chi connectivity index (χ1v) is 8.51. The molecule has 1 heterocycles. The molecule has 1 aliphatic rings. The molecular formula is C14H11F17N2O. The maximum Gasteiger partial charge on any atom is 0.469 e. The monoisotopic (exact) mass is 546 g/mol. The van der Waals surface area contributed by atoms with Gasteiger partial charge in [0.1, 0.15) is 0 Å². The molecule has 1 atom stereocenters. The van der Waals surface area contributed by atoms with Crippen molar-refractivity contribution in [3.63, 3.8) is 0 Å². The fourth-order valence-corrected chi connectivity index (χ4v) is 2.85. The van der Waals surface area contributed by atoms with E-state index in [1.807, 2.05) is 0 Å². The van der Waals surface area contributed by atoms with E-state index in [0.29, 0.717) is 0 Å². The van der Waals surface area contributed by atoms with Crippen LogP contribution in [0.4, 0.5) is 74.6 Å². The molecule has 1 amide bonds. The predicted molar refractivity (Wildman–Crippen MR) is 73.9 cm³/mol. The Balaban J connectivity index is 3.99. The fraction of sp³-hybridized carbons (Fsp3) is 0.929. The summed E-state index contributed by atoms with van der Waals surface area (Å²) in [6, 6.07) is -16.2. The normalized spacial score (nSPS) is 26.6. The van der Waals surface area contributed by atoms with Crippen molar-refractivity contribution in [3.8, 4) is 0 Å². The van der Waals surface area contributed by atoms with Gasteiger partial charge >= 0.3 is 48.0 Å². The molecule has 202 valence electrons. The molecule has 0 spiro atoms. The van der Waals surface area contributed by atoms with Crippen molar-refractivity contribution >= 4 is 5.91 Å². The van der Waals surface area contributed by atoms with Crippen molar-refractivity contribution in [1.82, 2.24) is 10.2 Å². The lowest BCUT2D eigenvalue weighted by molar-refractivity contribution is -0.466. The molecule has 0 bridgehead atoms. The quantitative estimate of drug-likeness (QED) is 0.263. The number of hydrogen-bond acceptors (Lipinski definition) is 2. The number of carbonyl (C=O) groups excluding carboxylic acids is 1. The number of unbranched alkanes of at least 4 members (excludes halogenated alkanes) is 1. The van der Waals surface area contributed by atoms with E-state index < -0.39 is 71.3 Å². The highest BCUT2D eigenvalue weighted by atomic mass is 19.4. The van der Waals surface area contributed by atoms with Crippen LogP contribution in [0.3, 0.4) is 0 Å². The van der Waals surface area contributed by atoms with Gasteiger partial charge in [-0.05, 0) is 6.42 Å². The number of hydrogen-bond donors (Lipinski definition) is 1. The van der Waals surface area contributed by atoms with Gasteiger partial charge in [0.05, 0.1) is 0 Å². The number of rotatable bonds is 6. The summed E-state index contributed by atoms with van der Waals surface area (Å²) < 4.78 is 233. The molecule has 1 aliphatic heterocycles. The summed E-state index contributed by atoms with van der Waals surface area (Å²) in [7, 11) is 0. The van der Waals surface area contributed by atoms with Crippen LogP contribution in [-0.4, -0.2) is 65.4 Å². The molecule has 0 radical (unpaired) electrons. The zero-order chi connectivity index (χ0) is 27.6. The molecule has 0 aromatic rings. The molecule has 0 aromatic heterocycles. The summed E-state index contributed by atoms with van der Waals surface area (Å²) in [4.78, 5) is 6.85. The van der Waals surface area contributed by atoms with E-state index in [4.69, 9.17) is 0 Å². The Bertz CT molecular complexity index is 775. The Hall–Kier alpha value is -1.76. The summed E-state index contributed by atoms with van der Waals surface area (Å²) in [6.07, 6.45) is -8.02. The Morgan fingerprint density at radius 3 is 1.62 bits per heavy atom. The van der Waals surface area contributed by atoms with Gasteiger partial charge in [0.15, 0.2) is 5.92 Å². The summed E-state index contributed by atoms with van der Waals surface area (Å²) in [5.74, 6) is -49.5. The van der Waals surface area contributed by atoms with Gasteiger partial charge in [-0.15, -0.1) is 0 Å². The van der Waals surface area contributed by atoms with Crippen molar-refractivity contribution < 1.29 is 79.4 Å². The first kappa shape index (κ1) is 30.3. The van der Waals surface area contributed by atoms with Gasteiger partial charge in [-0.2, -0.15) is 74.6 Å². The lowest BCUT2D eigenvalue weighted by Crippen LogP contribution is -2.69. The largest absolute Gasteiger partial charge is 0.469 e. The Kier molecular flexibility index (Phi) is 7.25. The van der Waals surface area contributed by atoms with Crippen LogP contribution in [0, 0.1) is 5.92 Å². The molecule has 20 heteroatoms. The summed E-state index contributed by atoms with van der Waals surface area (Å²) >= 11 is 0. The first-order valence-electron chi connectivity index (χ1n) is 8.51. The number of nitrogens with one attached hydrogen (secondary N) is 1. The lowest BCUT2D eigenvalue weighted by atomic mass is 9.81. The fourth-order valence-electron chi connectivity index (χ4n) is 2.85. The Morgan fingerprint density at radius 1 is 0.794 bits per heavy atom. The van der Waals surface area contributed by atoms with Crippen LogP contribution < -0.4 is 5.32 Å². The molecule has 1 unspecified atom stereocenters. The van der Waals surface area contributed by atoms with Crippen LogP contribution in [-0.2, 0) is 4.79 Å². The zero-order valence-corrected chi connectivity index (χ0v) is 16.0. The first-order chi connectivity index (χ1) is 14.7. The second-order valence-corrected chi connectivity index (χ2v) is 6.95. The molecule has 34 heavy (non-hydrogen) atoms. The number of halogens is 17. The van der Waals surface area contributed by atoms with E-state index >= 15 is 0 Å². The van der Waals surface area contributed by atoms with Gasteiger partial charge in [0, 0.05) is 6.54 Å². The second kappa shape index (κ2) is 8.14. The average molecular weight is 546 g/mol. The number of nitrogens with zero attached hydrogens (tertiary/aromatic N) is 1. The van der Waals surface area contributed by atoms with Crippen molar-refractivity contribution in [2.45, 2.75) is 67.8 Å². The van der Waals surface area contributed by atoms with E-state index in [0.717, 1.165) is 5.32 Å². The van der Waals surface area contributed by atoms with Gasteiger partial charge in [0.2, 0.25) is 0 Å². The highest BCUT2D eigenvalue weighted by Crippen LogP contribution is 2.68. The van der Waals surface area contributed by atoms with Crippen molar-refractivity contribution in [2.24, 2.45) is 5.92 Å². The van der Waals surface area contributed by atoms with Crippen LogP contribution >= 0.6 is 0 Å². The predicted octanol–water partition coefficient (Wildman–Crippen LogP) is 5.72. The van der Waals surface area contributed by atoms with Gasteiger partial charge in [0.25, 0.3) is 5.91 Å².